The fourth-order valence-corrected chi connectivity index (χ4v) is 6.08. The Morgan fingerprint density at radius 3 is 2.70 bits per heavy atom. The van der Waals surface area contributed by atoms with Crippen LogP contribution in [-0.4, -0.2) is 58.5 Å². The molecule has 7 nitrogen and oxygen atoms in total. The number of anilines is 1. The Bertz CT molecular complexity index is 1560. The Morgan fingerprint density at radius 1 is 1.02 bits per heavy atom. The number of carbonyl (C=O) groups is 1. The number of fused-ring (bicyclic) bond motifs is 1. The van der Waals surface area contributed by atoms with Gasteiger partial charge in [-0.3, -0.25) is 9.78 Å². The van der Waals surface area contributed by atoms with Crippen molar-refractivity contribution in [1.29, 1.82) is 0 Å². The van der Waals surface area contributed by atoms with Gasteiger partial charge in [0.2, 0.25) is 0 Å². The summed E-state index contributed by atoms with van der Waals surface area (Å²) in [5, 5.41) is 5.68. The SMILES string of the molecule is O=C(c1cccc(-c2csc(-c3cnc4c(n3)N(Cc3c(F)ccc(F)c3Cl)CCCC4)n2)c1)N1CCNCC1. The van der Waals surface area contributed by atoms with Crippen molar-refractivity contribution in [3.8, 4) is 22.0 Å². The predicted octanol–water partition coefficient (Wildman–Crippen LogP) is 5.59. The molecule has 2 aromatic carbocycles. The molecule has 0 aliphatic carbocycles. The molecule has 1 amide bonds. The second-order valence-corrected chi connectivity index (χ2v) is 11.1. The van der Waals surface area contributed by atoms with Gasteiger partial charge in [-0.15, -0.1) is 11.3 Å². The molecular weight excluding hydrogens is 554 g/mol. The normalized spacial score (nSPS) is 15.6. The molecule has 2 aliphatic rings. The van der Waals surface area contributed by atoms with E-state index in [0.717, 1.165) is 61.4 Å². The van der Waals surface area contributed by atoms with E-state index in [9.17, 15) is 13.6 Å². The van der Waals surface area contributed by atoms with Crippen LogP contribution in [0.5, 0.6) is 0 Å². The maximum absolute atomic E-state index is 14.6. The first-order valence-electron chi connectivity index (χ1n) is 13.3. The molecule has 0 radical (unpaired) electrons. The van der Waals surface area contributed by atoms with Crippen molar-refractivity contribution in [2.45, 2.75) is 25.8 Å². The fourth-order valence-electron chi connectivity index (χ4n) is 5.08. The van der Waals surface area contributed by atoms with Crippen LogP contribution in [0.3, 0.4) is 0 Å². The number of thiazole rings is 1. The van der Waals surface area contributed by atoms with E-state index >= 15 is 0 Å². The molecule has 206 valence electrons. The third kappa shape index (κ3) is 5.43. The molecule has 2 aliphatic heterocycles. The monoisotopic (exact) mass is 580 g/mol. The highest BCUT2D eigenvalue weighted by Gasteiger charge is 2.24. The van der Waals surface area contributed by atoms with Gasteiger partial charge in [-0.1, -0.05) is 23.7 Å². The van der Waals surface area contributed by atoms with Crippen molar-refractivity contribution in [3.05, 3.63) is 81.5 Å². The number of rotatable bonds is 5. The lowest BCUT2D eigenvalue weighted by Gasteiger charge is -2.27. The zero-order valence-electron chi connectivity index (χ0n) is 21.7. The molecule has 0 saturated carbocycles. The van der Waals surface area contributed by atoms with Gasteiger partial charge in [0.05, 0.1) is 22.6 Å². The van der Waals surface area contributed by atoms with Gasteiger partial charge >= 0.3 is 0 Å². The van der Waals surface area contributed by atoms with Gasteiger partial charge in [0.25, 0.3) is 5.91 Å². The average molecular weight is 581 g/mol. The van der Waals surface area contributed by atoms with Gasteiger partial charge in [0.1, 0.15) is 22.3 Å². The van der Waals surface area contributed by atoms with Crippen LogP contribution in [0.25, 0.3) is 22.0 Å². The average Bonchev–Trinajstić information content (AvgIpc) is 3.40. The summed E-state index contributed by atoms with van der Waals surface area (Å²) in [5.74, 6) is -0.550. The molecule has 0 unspecified atom stereocenters. The highest BCUT2D eigenvalue weighted by atomic mass is 35.5. The predicted molar refractivity (Wildman–Crippen MR) is 153 cm³/mol. The van der Waals surface area contributed by atoms with E-state index < -0.39 is 11.6 Å². The standard InChI is InChI=1S/C29H27ClF2N6OS/c30-26-20(21(31)7-8-22(26)32)16-38-11-2-1-6-23-27(38)35-24(15-34-23)28-36-25(17-40-28)18-4-3-5-19(14-18)29(39)37-12-9-33-10-13-37/h3-5,7-8,14-15,17,33H,1-2,6,9-13,16H2. The Labute approximate surface area is 239 Å². The van der Waals surface area contributed by atoms with Crippen LogP contribution in [0.1, 0.15) is 34.5 Å². The first-order valence-corrected chi connectivity index (χ1v) is 14.5. The zero-order valence-corrected chi connectivity index (χ0v) is 23.2. The number of aryl methyl sites for hydroxylation is 1. The molecule has 0 spiro atoms. The van der Waals surface area contributed by atoms with E-state index in [0.29, 0.717) is 41.7 Å². The van der Waals surface area contributed by atoms with E-state index in [4.69, 9.17) is 21.6 Å². The lowest BCUT2D eigenvalue weighted by atomic mass is 10.1. The van der Waals surface area contributed by atoms with E-state index in [-0.39, 0.29) is 23.0 Å². The maximum atomic E-state index is 14.6. The molecule has 0 atom stereocenters. The van der Waals surface area contributed by atoms with Crippen molar-refractivity contribution in [2.75, 3.05) is 37.6 Å². The smallest absolute Gasteiger partial charge is 0.253 e. The molecule has 11 heteroatoms. The van der Waals surface area contributed by atoms with E-state index in [1.54, 1.807) is 6.20 Å². The minimum Gasteiger partial charge on any atom is -0.351 e. The summed E-state index contributed by atoms with van der Waals surface area (Å²) in [7, 11) is 0. The van der Waals surface area contributed by atoms with Crippen LogP contribution >= 0.6 is 22.9 Å². The second kappa shape index (κ2) is 11.6. The molecule has 2 aromatic heterocycles. The minimum atomic E-state index is -0.651. The van der Waals surface area contributed by atoms with Crippen molar-refractivity contribution >= 4 is 34.7 Å². The number of carbonyl (C=O) groups excluding carboxylic acids is 1. The molecule has 4 heterocycles. The molecule has 0 bridgehead atoms. The lowest BCUT2D eigenvalue weighted by molar-refractivity contribution is 0.0736. The molecule has 1 saturated heterocycles. The van der Waals surface area contributed by atoms with Crippen LogP contribution in [0.2, 0.25) is 5.02 Å². The molecule has 1 fully saturated rings. The number of hydrogen-bond donors (Lipinski definition) is 1. The van der Waals surface area contributed by atoms with E-state index in [2.05, 4.69) is 10.3 Å². The van der Waals surface area contributed by atoms with Gasteiger partial charge in [0.15, 0.2) is 5.82 Å². The van der Waals surface area contributed by atoms with Gasteiger partial charge < -0.3 is 15.1 Å². The summed E-state index contributed by atoms with van der Waals surface area (Å²) in [4.78, 5) is 31.2. The summed E-state index contributed by atoms with van der Waals surface area (Å²) in [6.07, 6.45) is 4.24. The van der Waals surface area contributed by atoms with Crippen molar-refractivity contribution in [2.24, 2.45) is 0 Å². The number of piperazine rings is 1. The van der Waals surface area contributed by atoms with Crippen LogP contribution in [0.4, 0.5) is 14.6 Å². The highest BCUT2D eigenvalue weighted by Crippen LogP contribution is 2.33. The number of amides is 1. The van der Waals surface area contributed by atoms with Crippen molar-refractivity contribution in [1.82, 2.24) is 25.2 Å². The molecular formula is C29H27ClF2N6OS. The number of halogens is 3. The first-order chi connectivity index (χ1) is 19.5. The largest absolute Gasteiger partial charge is 0.351 e. The van der Waals surface area contributed by atoms with Crippen molar-refractivity contribution in [3.63, 3.8) is 0 Å². The van der Waals surface area contributed by atoms with Crippen molar-refractivity contribution < 1.29 is 13.6 Å². The number of hydrogen-bond acceptors (Lipinski definition) is 7. The molecule has 40 heavy (non-hydrogen) atoms. The lowest BCUT2D eigenvalue weighted by Crippen LogP contribution is -2.46. The van der Waals surface area contributed by atoms with Gasteiger partial charge in [0, 0.05) is 61.3 Å². The second-order valence-electron chi connectivity index (χ2n) is 9.89. The minimum absolute atomic E-state index is 0.0188. The van der Waals surface area contributed by atoms with Gasteiger partial charge in [-0.05, 0) is 43.5 Å². The van der Waals surface area contributed by atoms with Crippen LogP contribution < -0.4 is 10.2 Å². The molecule has 1 N–H and O–H groups in total. The zero-order chi connectivity index (χ0) is 27.6. The third-order valence-corrected chi connectivity index (χ3v) is 8.51. The number of benzene rings is 2. The Morgan fingerprint density at radius 2 is 1.85 bits per heavy atom. The van der Waals surface area contributed by atoms with E-state index in [1.165, 1.54) is 11.3 Å². The maximum Gasteiger partial charge on any atom is 0.253 e. The third-order valence-electron chi connectivity index (χ3n) is 7.24. The fraction of sp³-hybridized carbons (Fsp3) is 0.310. The number of nitrogens with zero attached hydrogens (tertiary/aromatic N) is 5. The molecule has 6 rings (SSSR count). The summed E-state index contributed by atoms with van der Waals surface area (Å²) >= 11 is 7.58. The topological polar surface area (TPSA) is 74.2 Å². The van der Waals surface area contributed by atoms with Gasteiger partial charge in [-0.2, -0.15) is 0 Å². The quantitative estimate of drug-likeness (QED) is 0.310. The Balaban J connectivity index is 1.28. The first kappa shape index (κ1) is 26.7. The summed E-state index contributed by atoms with van der Waals surface area (Å²) < 4.78 is 28.7. The van der Waals surface area contributed by atoms with E-state index in [1.807, 2.05) is 39.4 Å². The van der Waals surface area contributed by atoms with Gasteiger partial charge in [-0.25, -0.2) is 18.7 Å². The van der Waals surface area contributed by atoms with Crippen LogP contribution in [-0.2, 0) is 13.0 Å². The summed E-state index contributed by atoms with van der Waals surface area (Å²) in [5.41, 5.74) is 3.75. The number of nitrogens with one attached hydrogen (secondary N) is 1. The van der Waals surface area contributed by atoms with Crippen LogP contribution in [0, 0.1) is 11.6 Å². The summed E-state index contributed by atoms with van der Waals surface area (Å²) in [6, 6.07) is 9.66. The Kier molecular flexibility index (Phi) is 7.73. The van der Waals surface area contributed by atoms with Crippen LogP contribution in [0.15, 0.2) is 48.0 Å². The Hall–Kier alpha value is -3.47. The molecule has 4 aromatic rings. The summed E-state index contributed by atoms with van der Waals surface area (Å²) in [6.45, 7) is 3.68. The number of aromatic nitrogens is 3. The highest BCUT2D eigenvalue weighted by molar-refractivity contribution is 7.13.